The number of piperidine rings is 1. The third kappa shape index (κ3) is 3.01. The van der Waals surface area contributed by atoms with Gasteiger partial charge in [0.15, 0.2) is 0 Å². The molecule has 0 N–H and O–H groups in total. The Bertz CT molecular complexity index is 716. The van der Waals surface area contributed by atoms with E-state index in [0.29, 0.717) is 5.91 Å². The lowest BCUT2D eigenvalue weighted by molar-refractivity contribution is -0.136. The summed E-state index contributed by atoms with van der Waals surface area (Å²) in [5.74, 6) is 1.38. The second-order valence-corrected chi connectivity index (χ2v) is 6.75. The Morgan fingerprint density at radius 3 is 2.71 bits per heavy atom. The maximum atomic E-state index is 13.0. The van der Waals surface area contributed by atoms with E-state index < -0.39 is 0 Å². The normalized spacial score (nSPS) is 20.6. The quantitative estimate of drug-likeness (QED) is 0.853. The summed E-state index contributed by atoms with van der Waals surface area (Å²) >= 11 is 0. The SMILES string of the molecule is O=C(C1CCCN(c2ccccn2)C1)N1CCc2ccccc2C1. The van der Waals surface area contributed by atoms with E-state index in [0.717, 1.165) is 51.3 Å². The Kier molecular flexibility index (Phi) is 4.20. The Labute approximate surface area is 143 Å². The molecule has 2 aromatic rings. The number of pyridine rings is 1. The number of carbonyl (C=O) groups is 1. The zero-order chi connectivity index (χ0) is 16.4. The molecule has 124 valence electrons. The third-order valence-electron chi connectivity index (χ3n) is 5.19. The molecule has 0 bridgehead atoms. The summed E-state index contributed by atoms with van der Waals surface area (Å²) in [6.07, 6.45) is 4.83. The van der Waals surface area contributed by atoms with Crippen LogP contribution >= 0.6 is 0 Å². The minimum Gasteiger partial charge on any atom is -0.356 e. The van der Waals surface area contributed by atoms with Gasteiger partial charge in [-0.3, -0.25) is 4.79 Å². The van der Waals surface area contributed by atoms with E-state index in [1.807, 2.05) is 24.4 Å². The lowest BCUT2D eigenvalue weighted by Crippen LogP contribution is -2.46. The van der Waals surface area contributed by atoms with Gasteiger partial charge < -0.3 is 9.80 Å². The average Bonchev–Trinajstić information content (AvgIpc) is 2.68. The Morgan fingerprint density at radius 1 is 1.04 bits per heavy atom. The minimum atomic E-state index is 0.0889. The molecule has 1 fully saturated rings. The fraction of sp³-hybridized carbons (Fsp3) is 0.400. The fourth-order valence-corrected chi connectivity index (χ4v) is 3.87. The molecule has 1 unspecified atom stereocenters. The number of hydrogen-bond acceptors (Lipinski definition) is 3. The van der Waals surface area contributed by atoms with Crippen molar-refractivity contribution in [3.63, 3.8) is 0 Å². The van der Waals surface area contributed by atoms with Crippen molar-refractivity contribution in [3.8, 4) is 0 Å². The van der Waals surface area contributed by atoms with Crippen molar-refractivity contribution in [2.24, 2.45) is 5.92 Å². The Hall–Kier alpha value is -2.36. The smallest absolute Gasteiger partial charge is 0.227 e. The van der Waals surface area contributed by atoms with Gasteiger partial charge in [0, 0.05) is 32.4 Å². The number of anilines is 1. The van der Waals surface area contributed by atoms with E-state index in [4.69, 9.17) is 0 Å². The maximum absolute atomic E-state index is 13.0. The van der Waals surface area contributed by atoms with Crippen molar-refractivity contribution in [2.75, 3.05) is 24.5 Å². The molecule has 0 radical (unpaired) electrons. The molecular weight excluding hydrogens is 298 g/mol. The van der Waals surface area contributed by atoms with E-state index in [1.54, 1.807) is 0 Å². The molecule has 0 saturated carbocycles. The van der Waals surface area contributed by atoms with E-state index in [9.17, 15) is 4.79 Å². The predicted molar refractivity (Wildman–Crippen MR) is 94.7 cm³/mol. The summed E-state index contributed by atoms with van der Waals surface area (Å²) in [4.78, 5) is 21.8. The molecule has 1 amide bonds. The van der Waals surface area contributed by atoms with Crippen molar-refractivity contribution in [3.05, 3.63) is 59.8 Å². The fourth-order valence-electron chi connectivity index (χ4n) is 3.87. The summed E-state index contributed by atoms with van der Waals surface area (Å²) in [5, 5.41) is 0. The van der Waals surface area contributed by atoms with Crippen LogP contribution in [0.2, 0.25) is 0 Å². The van der Waals surface area contributed by atoms with Gasteiger partial charge in [-0.2, -0.15) is 0 Å². The van der Waals surface area contributed by atoms with Gasteiger partial charge in [-0.05, 0) is 42.5 Å². The van der Waals surface area contributed by atoms with Crippen LogP contribution in [0.15, 0.2) is 48.7 Å². The van der Waals surface area contributed by atoms with Crippen LogP contribution in [0.1, 0.15) is 24.0 Å². The van der Waals surface area contributed by atoms with Gasteiger partial charge in [-0.1, -0.05) is 30.3 Å². The number of carbonyl (C=O) groups excluding carboxylic acids is 1. The first-order valence-electron chi connectivity index (χ1n) is 8.83. The highest BCUT2D eigenvalue weighted by Gasteiger charge is 2.31. The van der Waals surface area contributed by atoms with Crippen molar-refractivity contribution in [2.45, 2.75) is 25.8 Å². The number of benzene rings is 1. The van der Waals surface area contributed by atoms with Crippen LogP contribution in [0.4, 0.5) is 5.82 Å². The van der Waals surface area contributed by atoms with E-state index >= 15 is 0 Å². The van der Waals surface area contributed by atoms with Gasteiger partial charge in [-0.25, -0.2) is 4.98 Å². The molecule has 24 heavy (non-hydrogen) atoms. The molecule has 0 spiro atoms. The van der Waals surface area contributed by atoms with Crippen LogP contribution in [-0.2, 0) is 17.8 Å². The molecule has 1 aromatic carbocycles. The largest absolute Gasteiger partial charge is 0.356 e. The van der Waals surface area contributed by atoms with E-state index in [-0.39, 0.29) is 5.92 Å². The summed E-state index contributed by atoms with van der Waals surface area (Å²) in [6, 6.07) is 14.5. The van der Waals surface area contributed by atoms with Crippen molar-refractivity contribution < 1.29 is 4.79 Å². The number of rotatable bonds is 2. The second kappa shape index (κ2) is 6.63. The average molecular weight is 321 g/mol. The molecule has 1 aromatic heterocycles. The topological polar surface area (TPSA) is 36.4 Å². The number of aromatic nitrogens is 1. The zero-order valence-corrected chi connectivity index (χ0v) is 13.9. The van der Waals surface area contributed by atoms with Gasteiger partial charge in [0.2, 0.25) is 5.91 Å². The number of hydrogen-bond donors (Lipinski definition) is 0. The van der Waals surface area contributed by atoms with E-state index in [2.05, 4.69) is 39.0 Å². The first-order chi connectivity index (χ1) is 11.8. The molecule has 0 aliphatic carbocycles. The van der Waals surface area contributed by atoms with Crippen LogP contribution in [0.3, 0.4) is 0 Å². The van der Waals surface area contributed by atoms with Gasteiger partial charge >= 0.3 is 0 Å². The van der Waals surface area contributed by atoms with Crippen LogP contribution in [-0.4, -0.2) is 35.4 Å². The summed E-state index contributed by atoms with van der Waals surface area (Å²) < 4.78 is 0. The van der Waals surface area contributed by atoms with Crippen LogP contribution < -0.4 is 4.90 Å². The van der Waals surface area contributed by atoms with Crippen LogP contribution in [0.5, 0.6) is 0 Å². The lowest BCUT2D eigenvalue weighted by atomic mass is 9.94. The third-order valence-corrected chi connectivity index (χ3v) is 5.19. The second-order valence-electron chi connectivity index (χ2n) is 6.75. The molecule has 3 heterocycles. The molecule has 4 nitrogen and oxygen atoms in total. The molecule has 2 aliphatic heterocycles. The lowest BCUT2D eigenvalue weighted by Gasteiger charge is -2.37. The van der Waals surface area contributed by atoms with Crippen molar-refractivity contribution in [1.29, 1.82) is 0 Å². The Morgan fingerprint density at radius 2 is 1.88 bits per heavy atom. The van der Waals surface area contributed by atoms with Gasteiger partial charge in [0.05, 0.1) is 5.92 Å². The number of fused-ring (bicyclic) bond motifs is 1. The summed E-state index contributed by atoms with van der Waals surface area (Å²) in [7, 11) is 0. The highest BCUT2D eigenvalue weighted by Crippen LogP contribution is 2.25. The highest BCUT2D eigenvalue weighted by molar-refractivity contribution is 5.80. The molecule has 4 rings (SSSR count). The number of nitrogens with zero attached hydrogens (tertiary/aromatic N) is 3. The monoisotopic (exact) mass is 321 g/mol. The molecule has 4 heteroatoms. The van der Waals surface area contributed by atoms with Gasteiger partial charge in [0.1, 0.15) is 5.82 Å². The van der Waals surface area contributed by atoms with Crippen LogP contribution in [0.25, 0.3) is 0 Å². The van der Waals surface area contributed by atoms with Gasteiger partial charge in [-0.15, -0.1) is 0 Å². The van der Waals surface area contributed by atoms with Gasteiger partial charge in [0.25, 0.3) is 0 Å². The van der Waals surface area contributed by atoms with Crippen molar-refractivity contribution >= 4 is 11.7 Å². The predicted octanol–water partition coefficient (Wildman–Crippen LogP) is 2.88. The highest BCUT2D eigenvalue weighted by atomic mass is 16.2. The Balaban J connectivity index is 1.45. The molecule has 1 atom stereocenters. The summed E-state index contributed by atoms with van der Waals surface area (Å²) in [6.45, 7) is 3.38. The minimum absolute atomic E-state index is 0.0889. The van der Waals surface area contributed by atoms with Crippen molar-refractivity contribution in [1.82, 2.24) is 9.88 Å². The zero-order valence-electron chi connectivity index (χ0n) is 13.9. The molecule has 1 saturated heterocycles. The first-order valence-corrected chi connectivity index (χ1v) is 8.83. The van der Waals surface area contributed by atoms with E-state index in [1.165, 1.54) is 11.1 Å². The first kappa shape index (κ1) is 15.2. The molecular formula is C20H23N3O. The standard InChI is InChI=1S/C20H23N3O/c24-20(23-13-10-16-6-1-2-7-17(16)14-23)18-8-5-12-22(15-18)19-9-3-4-11-21-19/h1-4,6-7,9,11,18H,5,8,10,12-15H2. The maximum Gasteiger partial charge on any atom is 0.227 e. The summed E-state index contributed by atoms with van der Waals surface area (Å²) in [5.41, 5.74) is 2.69. The van der Waals surface area contributed by atoms with Crippen LogP contribution in [0, 0.1) is 5.92 Å². The number of amides is 1. The molecule has 2 aliphatic rings.